The van der Waals surface area contributed by atoms with Gasteiger partial charge in [0.15, 0.2) is 0 Å². The van der Waals surface area contributed by atoms with Crippen LogP contribution in [0.4, 0.5) is 5.69 Å². The molecular formula is C16H16ClNO2. The smallest absolute Gasteiger partial charge is 0.238 e. The van der Waals surface area contributed by atoms with Crippen molar-refractivity contribution in [3.8, 4) is 0 Å². The van der Waals surface area contributed by atoms with E-state index in [1.165, 1.54) is 4.90 Å². The van der Waals surface area contributed by atoms with E-state index >= 15 is 0 Å². The molecule has 1 aromatic carbocycles. The Morgan fingerprint density at radius 3 is 2.60 bits per heavy atom. The highest BCUT2D eigenvalue weighted by Crippen LogP contribution is 2.41. The lowest BCUT2D eigenvalue weighted by atomic mass is 9.85. The SMILES string of the molecule is Cc1ccc(C)c(N2C(=O)C3CC=C(Cl)CC3C2=O)c1. The van der Waals surface area contributed by atoms with Gasteiger partial charge in [-0.25, -0.2) is 4.90 Å². The van der Waals surface area contributed by atoms with E-state index < -0.39 is 0 Å². The first-order valence-corrected chi connectivity index (χ1v) is 7.16. The standard InChI is InChI=1S/C16H16ClNO2/c1-9-3-4-10(2)14(7-9)18-15(19)12-6-5-11(17)8-13(12)16(18)20/h3-5,7,12-13H,6,8H2,1-2H3. The molecule has 0 radical (unpaired) electrons. The van der Waals surface area contributed by atoms with Gasteiger partial charge in [-0.2, -0.15) is 0 Å². The third kappa shape index (κ3) is 1.97. The van der Waals surface area contributed by atoms with E-state index in [9.17, 15) is 9.59 Å². The summed E-state index contributed by atoms with van der Waals surface area (Å²) in [5, 5.41) is 0.690. The van der Waals surface area contributed by atoms with Gasteiger partial charge in [0, 0.05) is 5.03 Å². The molecule has 1 fully saturated rings. The zero-order valence-corrected chi connectivity index (χ0v) is 12.3. The van der Waals surface area contributed by atoms with E-state index in [4.69, 9.17) is 11.6 Å². The highest BCUT2D eigenvalue weighted by Gasteiger charge is 2.49. The van der Waals surface area contributed by atoms with E-state index in [-0.39, 0.29) is 23.7 Å². The maximum atomic E-state index is 12.6. The quantitative estimate of drug-likeness (QED) is 0.744. The number of benzene rings is 1. The molecule has 1 saturated heterocycles. The molecular weight excluding hydrogens is 274 g/mol. The van der Waals surface area contributed by atoms with Gasteiger partial charge in [-0.1, -0.05) is 29.8 Å². The number of fused-ring (bicyclic) bond motifs is 1. The highest BCUT2D eigenvalue weighted by atomic mass is 35.5. The van der Waals surface area contributed by atoms with Gasteiger partial charge in [-0.3, -0.25) is 9.59 Å². The fraction of sp³-hybridized carbons (Fsp3) is 0.375. The minimum absolute atomic E-state index is 0.0888. The van der Waals surface area contributed by atoms with Crippen LogP contribution in [0.1, 0.15) is 24.0 Å². The topological polar surface area (TPSA) is 37.4 Å². The van der Waals surface area contributed by atoms with Gasteiger partial charge in [0.1, 0.15) is 0 Å². The fourth-order valence-corrected chi connectivity index (χ4v) is 3.28. The van der Waals surface area contributed by atoms with Crippen LogP contribution >= 0.6 is 11.6 Å². The third-order valence-electron chi connectivity index (χ3n) is 4.17. The number of carbonyl (C=O) groups excluding carboxylic acids is 2. The number of nitrogens with zero attached hydrogens (tertiary/aromatic N) is 1. The molecule has 0 saturated carbocycles. The monoisotopic (exact) mass is 289 g/mol. The number of anilines is 1. The molecule has 4 heteroatoms. The van der Waals surface area contributed by atoms with Gasteiger partial charge >= 0.3 is 0 Å². The van der Waals surface area contributed by atoms with Crippen molar-refractivity contribution in [1.29, 1.82) is 0 Å². The molecule has 0 aromatic heterocycles. The third-order valence-corrected chi connectivity index (χ3v) is 4.48. The van der Waals surface area contributed by atoms with Crippen LogP contribution in [-0.4, -0.2) is 11.8 Å². The van der Waals surface area contributed by atoms with Crippen LogP contribution < -0.4 is 4.90 Å². The molecule has 2 atom stereocenters. The Labute approximate surface area is 123 Å². The molecule has 3 rings (SSSR count). The Balaban J connectivity index is 2.02. The summed E-state index contributed by atoms with van der Waals surface area (Å²) in [5.74, 6) is -0.737. The average Bonchev–Trinajstić information content (AvgIpc) is 2.65. The molecule has 2 amide bonds. The summed E-state index contributed by atoms with van der Waals surface area (Å²) >= 11 is 6.03. The second-order valence-corrected chi connectivity index (χ2v) is 6.09. The van der Waals surface area contributed by atoms with E-state index in [1.807, 2.05) is 38.1 Å². The van der Waals surface area contributed by atoms with Gasteiger partial charge in [0.2, 0.25) is 11.8 Å². The number of hydrogen-bond donors (Lipinski definition) is 0. The summed E-state index contributed by atoms with van der Waals surface area (Å²) in [6.45, 7) is 3.88. The molecule has 104 valence electrons. The van der Waals surface area contributed by atoms with Crippen molar-refractivity contribution >= 4 is 29.1 Å². The van der Waals surface area contributed by atoms with E-state index in [1.54, 1.807) is 0 Å². The maximum absolute atomic E-state index is 12.6. The molecule has 1 heterocycles. The molecule has 1 aliphatic heterocycles. The Morgan fingerprint density at radius 1 is 1.15 bits per heavy atom. The van der Waals surface area contributed by atoms with Crippen molar-refractivity contribution < 1.29 is 9.59 Å². The van der Waals surface area contributed by atoms with Crippen molar-refractivity contribution in [3.63, 3.8) is 0 Å². The van der Waals surface area contributed by atoms with Gasteiger partial charge in [0.05, 0.1) is 17.5 Å². The normalized spacial score (nSPS) is 25.8. The number of hydrogen-bond acceptors (Lipinski definition) is 2. The van der Waals surface area contributed by atoms with E-state index in [2.05, 4.69) is 0 Å². The van der Waals surface area contributed by atoms with Crippen LogP contribution in [0.3, 0.4) is 0 Å². The number of halogens is 1. The van der Waals surface area contributed by atoms with Gasteiger partial charge in [-0.15, -0.1) is 0 Å². The summed E-state index contributed by atoms with van der Waals surface area (Å²) in [6.07, 6.45) is 2.91. The zero-order chi connectivity index (χ0) is 14.4. The number of carbonyl (C=O) groups is 2. The minimum Gasteiger partial charge on any atom is -0.274 e. The molecule has 1 aromatic rings. The summed E-state index contributed by atoms with van der Waals surface area (Å²) in [7, 11) is 0. The van der Waals surface area contributed by atoms with Crippen molar-refractivity contribution in [3.05, 3.63) is 40.4 Å². The molecule has 20 heavy (non-hydrogen) atoms. The van der Waals surface area contributed by atoms with E-state index in [0.717, 1.165) is 11.1 Å². The van der Waals surface area contributed by atoms with Crippen molar-refractivity contribution in [2.24, 2.45) is 11.8 Å². The fourth-order valence-electron chi connectivity index (χ4n) is 3.03. The summed E-state index contributed by atoms with van der Waals surface area (Å²) in [6, 6.07) is 5.82. The summed E-state index contributed by atoms with van der Waals surface area (Å²) in [5.41, 5.74) is 2.69. The molecule has 2 unspecified atom stereocenters. The lowest BCUT2D eigenvalue weighted by molar-refractivity contribution is -0.122. The second-order valence-electron chi connectivity index (χ2n) is 5.61. The maximum Gasteiger partial charge on any atom is 0.238 e. The Hall–Kier alpha value is -1.61. The number of amides is 2. The molecule has 0 spiro atoms. The van der Waals surface area contributed by atoms with Crippen LogP contribution in [0, 0.1) is 25.7 Å². The molecule has 1 aliphatic carbocycles. The van der Waals surface area contributed by atoms with Crippen LogP contribution in [0.15, 0.2) is 29.3 Å². The van der Waals surface area contributed by atoms with Crippen LogP contribution in [-0.2, 0) is 9.59 Å². The van der Waals surface area contributed by atoms with Gasteiger partial charge in [-0.05, 0) is 43.9 Å². The predicted octanol–water partition coefficient (Wildman–Crippen LogP) is 3.33. The van der Waals surface area contributed by atoms with Crippen LogP contribution in [0.2, 0.25) is 0 Å². The first-order valence-electron chi connectivity index (χ1n) is 6.78. The second kappa shape index (κ2) is 4.74. The molecule has 0 bridgehead atoms. The highest BCUT2D eigenvalue weighted by molar-refractivity contribution is 6.30. The Kier molecular flexibility index (Phi) is 3.17. The molecule has 2 aliphatic rings. The van der Waals surface area contributed by atoms with Gasteiger partial charge in [0.25, 0.3) is 0 Å². The minimum atomic E-state index is -0.292. The largest absolute Gasteiger partial charge is 0.274 e. The first-order chi connectivity index (χ1) is 9.49. The average molecular weight is 290 g/mol. The first kappa shape index (κ1) is 13.4. The lowest BCUT2D eigenvalue weighted by Crippen LogP contribution is -2.31. The summed E-state index contributed by atoms with van der Waals surface area (Å²) < 4.78 is 0. The van der Waals surface area contributed by atoms with Crippen LogP contribution in [0.5, 0.6) is 0 Å². The van der Waals surface area contributed by atoms with Crippen molar-refractivity contribution in [2.75, 3.05) is 4.90 Å². The van der Waals surface area contributed by atoms with Crippen molar-refractivity contribution in [1.82, 2.24) is 0 Å². The lowest BCUT2D eigenvalue weighted by Gasteiger charge is -2.18. The van der Waals surface area contributed by atoms with Gasteiger partial charge < -0.3 is 0 Å². The van der Waals surface area contributed by atoms with Crippen LogP contribution in [0.25, 0.3) is 0 Å². The number of aryl methyl sites for hydroxylation is 2. The zero-order valence-electron chi connectivity index (χ0n) is 11.5. The summed E-state index contributed by atoms with van der Waals surface area (Å²) in [4.78, 5) is 26.5. The molecule has 0 N–H and O–H groups in total. The Bertz CT molecular complexity index is 635. The van der Waals surface area contributed by atoms with Crippen molar-refractivity contribution in [2.45, 2.75) is 26.7 Å². The Morgan fingerprint density at radius 2 is 1.85 bits per heavy atom. The number of rotatable bonds is 1. The van der Waals surface area contributed by atoms with E-state index in [0.29, 0.717) is 23.6 Å². The number of imide groups is 1. The predicted molar refractivity (Wildman–Crippen MR) is 78.6 cm³/mol. The number of allylic oxidation sites excluding steroid dienone is 2. The molecule has 3 nitrogen and oxygen atoms in total.